The Kier molecular flexibility index (Phi) is 8.39. The third-order valence-corrected chi connectivity index (χ3v) is 4.46. The zero-order valence-electron chi connectivity index (χ0n) is 15.5. The van der Waals surface area contributed by atoms with Crippen LogP contribution in [0.15, 0.2) is 24.3 Å². The Balaban J connectivity index is 0.00000312. The molecule has 1 aromatic carbocycles. The average Bonchev–Trinajstić information content (AvgIpc) is 2.54. The number of nitrogens with zero attached hydrogens (tertiary/aromatic N) is 1. The number of piperidine rings is 1. The molecule has 1 aliphatic heterocycles. The Morgan fingerprint density at radius 3 is 2.48 bits per heavy atom. The first-order chi connectivity index (χ1) is 11.4. The van der Waals surface area contributed by atoms with Crippen LogP contribution in [0, 0.1) is 5.92 Å². The van der Waals surface area contributed by atoms with Crippen LogP contribution in [0.5, 0.6) is 0 Å². The molecule has 0 aromatic heterocycles. The van der Waals surface area contributed by atoms with Crippen LogP contribution in [0.3, 0.4) is 0 Å². The third-order valence-electron chi connectivity index (χ3n) is 4.46. The summed E-state index contributed by atoms with van der Waals surface area (Å²) in [6, 6.07) is 8.20. The average molecular weight is 368 g/mol. The second-order valence-electron chi connectivity index (χ2n) is 7.10. The third kappa shape index (κ3) is 6.33. The molecular formula is C19H30ClN3O2. The lowest BCUT2D eigenvalue weighted by atomic mass is 10.00. The van der Waals surface area contributed by atoms with E-state index >= 15 is 0 Å². The minimum absolute atomic E-state index is 0. The molecular weight excluding hydrogens is 338 g/mol. The molecule has 2 N–H and O–H groups in total. The Labute approximate surface area is 157 Å². The number of amides is 2. The van der Waals surface area contributed by atoms with Gasteiger partial charge in [0.1, 0.15) is 0 Å². The number of carbonyl (C=O) groups is 2. The molecule has 2 unspecified atom stereocenters. The summed E-state index contributed by atoms with van der Waals surface area (Å²) in [5.74, 6) is 0.0940. The highest BCUT2D eigenvalue weighted by Crippen LogP contribution is 2.12. The van der Waals surface area contributed by atoms with E-state index in [1.807, 2.05) is 38.1 Å². The molecule has 25 heavy (non-hydrogen) atoms. The predicted octanol–water partition coefficient (Wildman–Crippen LogP) is 2.59. The fourth-order valence-electron chi connectivity index (χ4n) is 3.09. The summed E-state index contributed by atoms with van der Waals surface area (Å²) < 4.78 is 0. The van der Waals surface area contributed by atoms with Crippen molar-refractivity contribution in [2.24, 2.45) is 5.92 Å². The molecule has 2 amide bonds. The maximum atomic E-state index is 12.4. The van der Waals surface area contributed by atoms with Crippen molar-refractivity contribution in [3.63, 3.8) is 0 Å². The maximum absolute atomic E-state index is 12.4. The van der Waals surface area contributed by atoms with Gasteiger partial charge in [-0.1, -0.05) is 26.0 Å². The topological polar surface area (TPSA) is 61.4 Å². The molecule has 1 saturated heterocycles. The molecule has 0 spiro atoms. The van der Waals surface area contributed by atoms with Crippen molar-refractivity contribution >= 4 is 24.2 Å². The van der Waals surface area contributed by atoms with Crippen LogP contribution < -0.4 is 10.6 Å². The standard InChI is InChI=1S/C19H29N3O2.ClH/c1-13(2)19(24)22(4)12-15-5-7-16(8-6-15)18(23)21-17-9-10-20-14(3)11-17;/h5-8,13-14,17,20H,9-12H2,1-4H3,(H,21,23);1H. The SMILES string of the molecule is CC1CC(NC(=O)c2ccc(CN(C)C(=O)C(C)C)cc2)CCN1.Cl. The molecule has 0 saturated carbocycles. The van der Waals surface area contributed by atoms with Crippen molar-refractivity contribution in [2.45, 2.75) is 52.2 Å². The zero-order chi connectivity index (χ0) is 17.7. The van der Waals surface area contributed by atoms with Crippen LogP contribution in [0.2, 0.25) is 0 Å². The summed E-state index contributed by atoms with van der Waals surface area (Å²) in [6.45, 7) is 7.44. The number of carbonyl (C=O) groups excluding carboxylic acids is 2. The monoisotopic (exact) mass is 367 g/mol. The van der Waals surface area contributed by atoms with E-state index in [1.165, 1.54) is 0 Å². The highest BCUT2D eigenvalue weighted by atomic mass is 35.5. The number of benzene rings is 1. The first-order valence-electron chi connectivity index (χ1n) is 8.75. The van der Waals surface area contributed by atoms with Gasteiger partial charge < -0.3 is 15.5 Å². The summed E-state index contributed by atoms with van der Waals surface area (Å²) in [6.07, 6.45) is 1.93. The molecule has 0 aliphatic carbocycles. The van der Waals surface area contributed by atoms with Gasteiger partial charge in [0.2, 0.25) is 5.91 Å². The van der Waals surface area contributed by atoms with E-state index in [9.17, 15) is 9.59 Å². The molecule has 2 rings (SSSR count). The van der Waals surface area contributed by atoms with Gasteiger partial charge in [-0.2, -0.15) is 0 Å². The van der Waals surface area contributed by atoms with Gasteiger partial charge in [-0.15, -0.1) is 12.4 Å². The molecule has 0 radical (unpaired) electrons. The summed E-state index contributed by atoms with van der Waals surface area (Å²) in [5, 5.41) is 6.50. The minimum atomic E-state index is -0.0211. The molecule has 6 heteroatoms. The van der Waals surface area contributed by atoms with Crippen molar-refractivity contribution < 1.29 is 9.59 Å². The second-order valence-corrected chi connectivity index (χ2v) is 7.10. The van der Waals surface area contributed by atoms with Gasteiger partial charge in [0.15, 0.2) is 0 Å². The molecule has 2 atom stereocenters. The fraction of sp³-hybridized carbons (Fsp3) is 0.579. The Morgan fingerprint density at radius 2 is 1.92 bits per heavy atom. The smallest absolute Gasteiger partial charge is 0.251 e. The van der Waals surface area contributed by atoms with E-state index in [0.717, 1.165) is 24.9 Å². The van der Waals surface area contributed by atoms with Crippen molar-refractivity contribution in [3.05, 3.63) is 35.4 Å². The zero-order valence-corrected chi connectivity index (χ0v) is 16.4. The molecule has 140 valence electrons. The fourth-order valence-corrected chi connectivity index (χ4v) is 3.09. The van der Waals surface area contributed by atoms with Crippen molar-refractivity contribution in [1.82, 2.24) is 15.5 Å². The minimum Gasteiger partial charge on any atom is -0.349 e. The van der Waals surface area contributed by atoms with E-state index in [0.29, 0.717) is 18.2 Å². The number of hydrogen-bond acceptors (Lipinski definition) is 3. The maximum Gasteiger partial charge on any atom is 0.251 e. The van der Waals surface area contributed by atoms with Crippen molar-refractivity contribution in [3.8, 4) is 0 Å². The Hall–Kier alpha value is -1.59. The highest BCUT2D eigenvalue weighted by molar-refractivity contribution is 5.94. The molecule has 0 bridgehead atoms. The van der Waals surface area contributed by atoms with Gasteiger partial charge in [-0.3, -0.25) is 9.59 Å². The van der Waals surface area contributed by atoms with E-state index in [2.05, 4.69) is 17.6 Å². The van der Waals surface area contributed by atoms with Gasteiger partial charge in [0.25, 0.3) is 5.91 Å². The second kappa shape index (κ2) is 9.78. The number of halogens is 1. The van der Waals surface area contributed by atoms with Crippen LogP contribution in [0.1, 0.15) is 49.5 Å². The lowest BCUT2D eigenvalue weighted by Gasteiger charge is -2.28. The van der Waals surface area contributed by atoms with E-state index in [4.69, 9.17) is 0 Å². The summed E-state index contributed by atoms with van der Waals surface area (Å²) >= 11 is 0. The number of hydrogen-bond donors (Lipinski definition) is 2. The van der Waals surface area contributed by atoms with Gasteiger partial charge in [-0.25, -0.2) is 0 Å². The molecule has 1 aliphatic rings. The lowest BCUT2D eigenvalue weighted by molar-refractivity contribution is -0.133. The van der Waals surface area contributed by atoms with Crippen LogP contribution in [0.25, 0.3) is 0 Å². The van der Waals surface area contributed by atoms with E-state index < -0.39 is 0 Å². The quantitative estimate of drug-likeness (QED) is 0.840. The molecule has 1 fully saturated rings. The van der Waals surface area contributed by atoms with Crippen LogP contribution in [0.4, 0.5) is 0 Å². The molecule has 1 heterocycles. The van der Waals surface area contributed by atoms with Gasteiger partial charge in [0.05, 0.1) is 0 Å². The van der Waals surface area contributed by atoms with Gasteiger partial charge in [0, 0.05) is 37.2 Å². The van der Waals surface area contributed by atoms with Crippen molar-refractivity contribution in [1.29, 1.82) is 0 Å². The van der Waals surface area contributed by atoms with E-state index in [1.54, 1.807) is 11.9 Å². The predicted molar refractivity (Wildman–Crippen MR) is 103 cm³/mol. The largest absolute Gasteiger partial charge is 0.349 e. The van der Waals surface area contributed by atoms with Crippen LogP contribution in [-0.2, 0) is 11.3 Å². The van der Waals surface area contributed by atoms with Crippen molar-refractivity contribution in [2.75, 3.05) is 13.6 Å². The van der Waals surface area contributed by atoms with Gasteiger partial charge >= 0.3 is 0 Å². The Morgan fingerprint density at radius 1 is 1.28 bits per heavy atom. The number of rotatable bonds is 5. The first kappa shape index (κ1) is 21.5. The first-order valence-corrected chi connectivity index (χ1v) is 8.75. The lowest BCUT2D eigenvalue weighted by Crippen LogP contribution is -2.46. The Bertz CT molecular complexity index is 575. The van der Waals surface area contributed by atoms with Crippen LogP contribution >= 0.6 is 12.4 Å². The highest BCUT2D eigenvalue weighted by Gasteiger charge is 2.20. The van der Waals surface area contributed by atoms with Crippen LogP contribution in [-0.4, -0.2) is 42.4 Å². The summed E-state index contributed by atoms with van der Waals surface area (Å²) in [5.41, 5.74) is 1.70. The number of nitrogens with one attached hydrogen (secondary N) is 2. The van der Waals surface area contributed by atoms with E-state index in [-0.39, 0.29) is 36.2 Å². The van der Waals surface area contributed by atoms with Gasteiger partial charge in [-0.05, 0) is 44.0 Å². The normalized spacial score (nSPS) is 19.9. The summed E-state index contributed by atoms with van der Waals surface area (Å²) in [4.78, 5) is 26.0. The molecule has 5 nitrogen and oxygen atoms in total. The molecule has 1 aromatic rings. The summed E-state index contributed by atoms with van der Waals surface area (Å²) in [7, 11) is 1.81.